The zero-order valence-corrected chi connectivity index (χ0v) is 14.2. The van der Waals surface area contributed by atoms with E-state index in [4.69, 9.17) is 4.74 Å². The van der Waals surface area contributed by atoms with Crippen LogP contribution in [0.15, 0.2) is 24.4 Å². The maximum Gasteiger partial charge on any atom is 0.254 e. The number of anilines is 1. The summed E-state index contributed by atoms with van der Waals surface area (Å²) < 4.78 is 7.35. The maximum absolute atomic E-state index is 11.4. The van der Waals surface area contributed by atoms with E-state index in [1.807, 2.05) is 28.8 Å². The van der Waals surface area contributed by atoms with Crippen molar-refractivity contribution in [3.8, 4) is 17.0 Å². The minimum atomic E-state index is -0.148. The fraction of sp³-hybridized carbons (Fsp3) is 0.333. The Bertz CT molecular complexity index is 963. The van der Waals surface area contributed by atoms with Gasteiger partial charge in [-0.25, -0.2) is 4.98 Å². The van der Waals surface area contributed by atoms with Crippen LogP contribution in [0.5, 0.6) is 5.75 Å². The number of nitrogens with one attached hydrogen (secondary N) is 1. The number of hydrogen-bond acceptors (Lipinski definition) is 5. The Morgan fingerprint density at radius 2 is 2.08 bits per heavy atom. The van der Waals surface area contributed by atoms with Gasteiger partial charge in [-0.15, -0.1) is 5.10 Å². The number of aryl methyl sites for hydroxylation is 2. The van der Waals surface area contributed by atoms with E-state index in [1.165, 1.54) is 12.6 Å². The average Bonchev–Trinajstić information content (AvgIpc) is 3.06. The number of carbonyl (C=O) groups is 1. The molecule has 2 heterocycles. The van der Waals surface area contributed by atoms with Gasteiger partial charge in [0.15, 0.2) is 0 Å². The van der Waals surface area contributed by atoms with Crippen molar-refractivity contribution in [2.24, 2.45) is 0 Å². The molecular formula is C18H19N5O2. The van der Waals surface area contributed by atoms with E-state index in [-0.39, 0.29) is 5.91 Å². The highest BCUT2D eigenvalue weighted by Crippen LogP contribution is 2.31. The molecule has 1 aliphatic rings. The summed E-state index contributed by atoms with van der Waals surface area (Å²) in [5, 5.41) is 11.4. The summed E-state index contributed by atoms with van der Waals surface area (Å²) in [5.41, 5.74) is 4.57. The highest BCUT2D eigenvalue weighted by molar-refractivity contribution is 5.91. The van der Waals surface area contributed by atoms with Gasteiger partial charge in [0.25, 0.3) is 5.78 Å². The van der Waals surface area contributed by atoms with Gasteiger partial charge in [0, 0.05) is 24.4 Å². The molecule has 1 aromatic carbocycles. The van der Waals surface area contributed by atoms with Gasteiger partial charge in [-0.1, -0.05) is 0 Å². The lowest BCUT2D eigenvalue weighted by Gasteiger charge is -2.14. The number of benzene rings is 1. The highest BCUT2D eigenvalue weighted by atomic mass is 16.5. The molecule has 0 radical (unpaired) electrons. The second-order valence-electron chi connectivity index (χ2n) is 6.19. The first-order valence-corrected chi connectivity index (χ1v) is 8.35. The Kier molecular flexibility index (Phi) is 3.83. The molecule has 128 valence electrons. The van der Waals surface area contributed by atoms with E-state index < -0.39 is 0 Å². The van der Waals surface area contributed by atoms with Gasteiger partial charge < -0.3 is 10.1 Å². The van der Waals surface area contributed by atoms with Crippen LogP contribution in [-0.2, 0) is 17.6 Å². The molecule has 0 unspecified atom stereocenters. The molecule has 3 aromatic rings. The molecule has 7 heteroatoms. The zero-order valence-electron chi connectivity index (χ0n) is 14.2. The molecule has 0 atom stereocenters. The molecule has 0 aliphatic heterocycles. The number of fused-ring (bicyclic) bond motifs is 3. The van der Waals surface area contributed by atoms with Crippen molar-refractivity contribution in [1.29, 1.82) is 0 Å². The van der Waals surface area contributed by atoms with Crippen LogP contribution < -0.4 is 10.1 Å². The summed E-state index contributed by atoms with van der Waals surface area (Å²) in [6.07, 6.45) is 6.29. The third-order valence-electron chi connectivity index (χ3n) is 4.45. The molecule has 2 aromatic heterocycles. The number of carbonyl (C=O) groups excluding carboxylic acids is 1. The molecule has 1 N–H and O–H groups in total. The topological polar surface area (TPSA) is 81.4 Å². The van der Waals surface area contributed by atoms with Crippen molar-refractivity contribution in [3.63, 3.8) is 0 Å². The minimum absolute atomic E-state index is 0.148. The standard InChI is InChI=1S/C18H19N5O2/c1-11(24)19-14-9-12(7-8-17(14)25-2)15-10-23-16-6-4-3-5-13(16)21-22-18(23)20-15/h7-10H,3-6H2,1-2H3,(H,19,24). The number of nitrogens with zero attached hydrogens (tertiary/aromatic N) is 4. The second-order valence-corrected chi connectivity index (χ2v) is 6.19. The van der Waals surface area contributed by atoms with Gasteiger partial charge in [-0.05, 0) is 43.9 Å². The first kappa shape index (κ1) is 15.6. The maximum atomic E-state index is 11.4. The van der Waals surface area contributed by atoms with E-state index in [0.717, 1.165) is 42.6 Å². The molecule has 4 rings (SSSR count). The van der Waals surface area contributed by atoms with Crippen LogP contribution in [0.3, 0.4) is 0 Å². The SMILES string of the molecule is COc1ccc(-c2cn3c4c(nnc3n2)CCCC4)cc1NC(C)=O. The zero-order chi connectivity index (χ0) is 17.4. The number of rotatable bonds is 3. The van der Waals surface area contributed by atoms with Crippen LogP contribution in [0.4, 0.5) is 5.69 Å². The number of aromatic nitrogens is 4. The third-order valence-corrected chi connectivity index (χ3v) is 4.45. The van der Waals surface area contributed by atoms with E-state index in [0.29, 0.717) is 17.2 Å². The first-order valence-electron chi connectivity index (χ1n) is 8.35. The van der Waals surface area contributed by atoms with Gasteiger partial charge in [-0.2, -0.15) is 5.10 Å². The third kappa shape index (κ3) is 2.82. The lowest BCUT2D eigenvalue weighted by molar-refractivity contribution is -0.114. The molecular weight excluding hydrogens is 318 g/mol. The van der Waals surface area contributed by atoms with Crippen molar-refractivity contribution < 1.29 is 9.53 Å². The van der Waals surface area contributed by atoms with Crippen molar-refractivity contribution in [3.05, 3.63) is 35.8 Å². The molecule has 1 aliphatic carbocycles. The summed E-state index contributed by atoms with van der Waals surface area (Å²) in [4.78, 5) is 16.0. The molecule has 0 spiro atoms. The number of methoxy groups -OCH3 is 1. The van der Waals surface area contributed by atoms with Crippen molar-refractivity contribution in [1.82, 2.24) is 19.6 Å². The van der Waals surface area contributed by atoms with Gasteiger partial charge in [0.05, 0.1) is 24.2 Å². The van der Waals surface area contributed by atoms with Gasteiger partial charge in [0.2, 0.25) is 5.91 Å². The monoisotopic (exact) mass is 337 g/mol. The fourth-order valence-electron chi connectivity index (χ4n) is 3.28. The predicted molar refractivity (Wildman–Crippen MR) is 93.7 cm³/mol. The Balaban J connectivity index is 1.80. The molecule has 0 saturated carbocycles. The molecule has 1 amide bonds. The minimum Gasteiger partial charge on any atom is -0.495 e. The first-order chi connectivity index (χ1) is 12.2. The molecule has 25 heavy (non-hydrogen) atoms. The van der Waals surface area contributed by atoms with Crippen LogP contribution in [0.25, 0.3) is 17.0 Å². The van der Waals surface area contributed by atoms with Gasteiger partial charge in [-0.3, -0.25) is 9.20 Å². The van der Waals surface area contributed by atoms with Crippen LogP contribution >= 0.6 is 0 Å². The Labute approximate surface area is 145 Å². The second kappa shape index (κ2) is 6.16. The highest BCUT2D eigenvalue weighted by Gasteiger charge is 2.17. The van der Waals surface area contributed by atoms with Crippen molar-refractivity contribution in [2.75, 3.05) is 12.4 Å². The average molecular weight is 337 g/mol. The van der Waals surface area contributed by atoms with Gasteiger partial charge in [0.1, 0.15) is 5.75 Å². The molecule has 0 bridgehead atoms. The quantitative estimate of drug-likeness (QED) is 0.794. The van der Waals surface area contributed by atoms with E-state index in [1.54, 1.807) is 7.11 Å². The summed E-state index contributed by atoms with van der Waals surface area (Å²) in [6, 6.07) is 5.61. The van der Waals surface area contributed by atoms with Crippen LogP contribution in [0, 0.1) is 0 Å². The Hall–Kier alpha value is -2.96. The Morgan fingerprint density at radius 1 is 1.24 bits per heavy atom. The normalized spacial score (nSPS) is 13.5. The van der Waals surface area contributed by atoms with Crippen LogP contribution in [0.1, 0.15) is 31.2 Å². The van der Waals surface area contributed by atoms with Crippen molar-refractivity contribution in [2.45, 2.75) is 32.6 Å². The van der Waals surface area contributed by atoms with E-state index in [9.17, 15) is 4.79 Å². The summed E-state index contributed by atoms with van der Waals surface area (Å²) in [6.45, 7) is 1.47. The van der Waals surface area contributed by atoms with Crippen LogP contribution in [-0.4, -0.2) is 32.6 Å². The number of ether oxygens (including phenoxy) is 1. The van der Waals surface area contributed by atoms with Crippen molar-refractivity contribution >= 4 is 17.4 Å². The predicted octanol–water partition coefficient (Wildman–Crippen LogP) is 2.64. The molecule has 0 saturated heterocycles. The summed E-state index contributed by atoms with van der Waals surface area (Å²) >= 11 is 0. The molecule has 7 nitrogen and oxygen atoms in total. The number of imidazole rings is 1. The van der Waals surface area contributed by atoms with E-state index >= 15 is 0 Å². The summed E-state index contributed by atoms with van der Waals surface area (Å²) in [7, 11) is 1.58. The fourth-order valence-corrected chi connectivity index (χ4v) is 3.28. The largest absolute Gasteiger partial charge is 0.495 e. The number of hydrogen-bond donors (Lipinski definition) is 1. The summed E-state index contributed by atoms with van der Waals surface area (Å²) in [5.74, 6) is 1.07. The molecule has 0 fully saturated rings. The van der Waals surface area contributed by atoms with Gasteiger partial charge >= 0.3 is 0 Å². The van der Waals surface area contributed by atoms with E-state index in [2.05, 4.69) is 20.5 Å². The number of amides is 1. The Morgan fingerprint density at radius 3 is 2.88 bits per heavy atom. The smallest absolute Gasteiger partial charge is 0.254 e. The van der Waals surface area contributed by atoms with Crippen LogP contribution in [0.2, 0.25) is 0 Å². The lowest BCUT2D eigenvalue weighted by Crippen LogP contribution is -2.12. The lowest BCUT2D eigenvalue weighted by atomic mass is 10.0.